The summed E-state index contributed by atoms with van der Waals surface area (Å²) in [6, 6.07) is 133. The highest BCUT2D eigenvalue weighted by Crippen LogP contribution is 2.67. The fourth-order valence-corrected chi connectivity index (χ4v) is 27.2. The molecule has 0 radical (unpaired) electrons. The van der Waals surface area contributed by atoms with Gasteiger partial charge in [-0.1, -0.05) is 225 Å². The molecule has 10 heteroatoms. The first-order chi connectivity index (χ1) is 61.5. The minimum absolute atomic E-state index is 0.197. The highest BCUT2D eigenvalue weighted by atomic mass is 32.1. The molecule has 0 saturated carbocycles. The second-order valence-corrected chi connectivity index (χ2v) is 40.4. The molecule has 6 heterocycles. The molecule has 16 aromatic carbocycles. The maximum atomic E-state index is 6.40. The van der Waals surface area contributed by atoms with Gasteiger partial charge >= 0.3 is 0 Å². The zero-order chi connectivity index (χ0) is 84.4. The molecule has 4 aliphatic rings. The summed E-state index contributed by atoms with van der Waals surface area (Å²) in [5, 5.41) is 9.78. The molecule has 6 aromatic heterocycles. The Balaban J connectivity index is 0.000000137. The number of rotatable bonds is 12. The Kier molecular flexibility index (Phi) is 16.5. The third-order valence-electron chi connectivity index (χ3n) is 27.6. The van der Waals surface area contributed by atoms with Crippen molar-refractivity contribution in [1.29, 1.82) is 0 Å². The summed E-state index contributed by atoms with van der Waals surface area (Å²) >= 11 is 7.71. The van der Waals surface area contributed by atoms with Crippen molar-refractivity contribution in [2.24, 2.45) is 0 Å². The topological polar surface area (TPSA) is 39.2 Å². The molecule has 0 saturated heterocycles. The molecular weight excluding hydrogens is 1610 g/mol. The van der Waals surface area contributed by atoms with Gasteiger partial charge in [0.05, 0.1) is 0 Å². The van der Waals surface area contributed by atoms with Crippen molar-refractivity contribution in [3.63, 3.8) is 0 Å². The van der Waals surface area contributed by atoms with E-state index in [0.29, 0.717) is 0 Å². The SMILES string of the molecule is CC1(C)c2cc(N(c3ccccc3)c3ccc4c(c3)oc3ccccc34)ccc2-c2sc3c(c21)C(C)(C)c1cc(N(c2ccccc2)c2ccc4c(c2)oc2ccccc24)ccc1-3.CC1(C)c2cc(N(c3ccccc3)c3ccc4sc5ccccc5c4c3)ccc2-c2sc3c(c21)C(C)(C)c1cc(N(c2ccccc2)c2ccc4sc5ccccc5c4c2)ccc1-3. The van der Waals surface area contributed by atoms with E-state index in [1.54, 1.807) is 0 Å². The van der Waals surface area contributed by atoms with Gasteiger partial charge in [0.15, 0.2) is 0 Å². The van der Waals surface area contributed by atoms with Gasteiger partial charge in [-0.25, -0.2) is 0 Å². The molecule has 0 bridgehead atoms. The van der Waals surface area contributed by atoms with E-state index in [-0.39, 0.29) is 21.7 Å². The smallest absolute Gasteiger partial charge is 0.137 e. The zero-order valence-corrected chi connectivity index (χ0v) is 74.1. The number of hydrogen-bond acceptors (Lipinski definition) is 10. The Hall–Kier alpha value is -13.8. The molecule has 126 heavy (non-hydrogen) atoms. The summed E-state index contributed by atoms with van der Waals surface area (Å²) in [5.74, 6) is 0. The van der Waals surface area contributed by atoms with Crippen LogP contribution in [0.15, 0.2) is 373 Å². The fourth-order valence-electron chi connectivity index (χ4n) is 21.6. The largest absolute Gasteiger partial charge is 0.456 e. The van der Waals surface area contributed by atoms with Crippen LogP contribution < -0.4 is 19.6 Å². The van der Waals surface area contributed by atoms with Crippen LogP contribution in [0, 0.1) is 0 Å². The predicted octanol–water partition coefficient (Wildman–Crippen LogP) is 35.1. The third kappa shape index (κ3) is 11.2. The van der Waals surface area contributed by atoms with Crippen molar-refractivity contribution in [2.75, 3.05) is 19.6 Å². The van der Waals surface area contributed by atoms with Crippen LogP contribution in [0.2, 0.25) is 0 Å². The number of hydrogen-bond donors (Lipinski definition) is 0. The minimum Gasteiger partial charge on any atom is -0.456 e. The van der Waals surface area contributed by atoms with Crippen LogP contribution in [0.1, 0.15) is 99.9 Å². The second kappa shape index (κ2) is 27.8. The summed E-state index contributed by atoms with van der Waals surface area (Å²) in [4.78, 5) is 15.3. The molecule has 0 fully saturated rings. The minimum atomic E-state index is -0.226. The lowest BCUT2D eigenvalue weighted by Crippen LogP contribution is -2.23. The number of nitrogens with zero attached hydrogens (tertiary/aromatic N) is 4. The van der Waals surface area contributed by atoms with Gasteiger partial charge in [0.1, 0.15) is 22.3 Å². The van der Waals surface area contributed by atoms with Gasteiger partial charge in [-0.05, 0) is 249 Å². The van der Waals surface area contributed by atoms with Crippen LogP contribution in [-0.4, -0.2) is 0 Å². The van der Waals surface area contributed by atoms with E-state index in [4.69, 9.17) is 8.83 Å². The summed E-state index contributed by atoms with van der Waals surface area (Å²) in [7, 11) is 0. The van der Waals surface area contributed by atoms with Crippen LogP contribution in [0.4, 0.5) is 68.2 Å². The Bertz CT molecular complexity index is 7780. The first-order valence-corrected chi connectivity index (χ1v) is 46.8. The van der Waals surface area contributed by atoms with Gasteiger partial charge in [-0.3, -0.25) is 0 Å². The van der Waals surface area contributed by atoms with Crippen LogP contribution >= 0.6 is 45.3 Å². The van der Waals surface area contributed by atoms with Crippen molar-refractivity contribution in [2.45, 2.75) is 77.0 Å². The van der Waals surface area contributed by atoms with Crippen LogP contribution in [0.25, 0.3) is 126 Å². The Morgan fingerprint density at radius 1 is 0.183 bits per heavy atom. The van der Waals surface area contributed by atoms with E-state index in [2.05, 4.69) is 415 Å². The normalized spacial score (nSPS) is 14.3. The van der Waals surface area contributed by atoms with E-state index >= 15 is 0 Å². The molecule has 6 nitrogen and oxygen atoms in total. The molecule has 4 aliphatic carbocycles. The molecule has 0 amide bonds. The Labute approximate surface area is 747 Å². The summed E-state index contributed by atoms with van der Waals surface area (Å²) in [5.41, 5.74) is 33.2. The van der Waals surface area contributed by atoms with Gasteiger partial charge < -0.3 is 28.4 Å². The number of para-hydroxylation sites is 6. The Morgan fingerprint density at radius 3 is 0.738 bits per heavy atom. The molecule has 0 unspecified atom stereocenters. The molecule has 0 spiro atoms. The molecule has 26 rings (SSSR count). The third-order valence-corrected chi connectivity index (χ3v) is 32.4. The Morgan fingerprint density at radius 2 is 0.421 bits per heavy atom. The number of benzene rings is 16. The van der Waals surface area contributed by atoms with Crippen molar-refractivity contribution in [3.8, 4) is 41.8 Å². The number of anilines is 12. The summed E-state index contributed by atoms with van der Waals surface area (Å²) < 4.78 is 18.1. The lowest BCUT2D eigenvalue weighted by atomic mass is 9.74. The van der Waals surface area contributed by atoms with E-state index in [0.717, 1.165) is 89.4 Å². The summed E-state index contributed by atoms with van der Waals surface area (Å²) in [6.45, 7) is 19.5. The quantitative estimate of drug-likeness (QED) is 0.121. The average Bonchev–Trinajstić information content (AvgIpc) is 1.52. The van der Waals surface area contributed by atoms with E-state index in [1.807, 2.05) is 69.6 Å². The van der Waals surface area contributed by atoms with Crippen LogP contribution in [0.5, 0.6) is 0 Å². The zero-order valence-electron chi connectivity index (χ0n) is 70.9. The standard InChI is InChI=1S/C58H42N2O2S.C58H42N2S3/c1-57(2)47-31-37(59(35-15-7-5-8-16-35)39-23-27-43-41-19-11-13-21-49(41)61-51(43)33-39)25-29-45(47)55-53(57)54-56(63-55)46-30-26-38(32-48(46)58(54,3)4)60(36-17-9-6-10-18-36)40-24-28-44-42-20-12-14-22-50(42)62-52(44)34-40;1-57(2)47-33-39(59(35-15-7-5-8-16-35)37-25-29-51-45(31-37)41-19-11-13-21-49(41)61-51)23-27-43(47)55-53(57)54-56(63-55)44-28-24-40(34-48(44)58(54,3)4)60(36-17-9-6-10-18-36)38-26-30-52-46(32-38)42-20-12-14-22-50(42)62-52/h2*5-34H,1-4H3. The van der Waals surface area contributed by atoms with E-state index < -0.39 is 0 Å². The van der Waals surface area contributed by atoms with Crippen molar-refractivity contribution < 1.29 is 8.83 Å². The van der Waals surface area contributed by atoms with Gasteiger partial charge in [0, 0.05) is 183 Å². The molecular formula is C116H84N4O2S4. The van der Waals surface area contributed by atoms with Gasteiger partial charge in [0.25, 0.3) is 0 Å². The summed E-state index contributed by atoms with van der Waals surface area (Å²) in [6.07, 6.45) is 0. The molecule has 604 valence electrons. The van der Waals surface area contributed by atoms with Crippen LogP contribution in [-0.2, 0) is 21.7 Å². The van der Waals surface area contributed by atoms with Gasteiger partial charge in [0.2, 0.25) is 0 Å². The maximum Gasteiger partial charge on any atom is 0.137 e. The predicted molar refractivity (Wildman–Crippen MR) is 538 cm³/mol. The molecule has 0 N–H and O–H groups in total. The fraction of sp³-hybridized carbons (Fsp3) is 0.103. The highest BCUT2D eigenvalue weighted by molar-refractivity contribution is 7.26. The average molecular weight is 1690 g/mol. The first-order valence-electron chi connectivity index (χ1n) is 43.5. The van der Waals surface area contributed by atoms with E-state index in [9.17, 15) is 0 Å². The number of fused-ring (bicyclic) bond motifs is 26. The first kappa shape index (κ1) is 74.8. The van der Waals surface area contributed by atoms with Crippen molar-refractivity contribution in [3.05, 3.63) is 408 Å². The molecule has 22 aromatic rings. The van der Waals surface area contributed by atoms with Crippen LogP contribution in [0.3, 0.4) is 0 Å². The van der Waals surface area contributed by atoms with Gasteiger partial charge in [-0.2, -0.15) is 0 Å². The lowest BCUT2D eigenvalue weighted by molar-refractivity contribution is 0.603. The second-order valence-electron chi connectivity index (χ2n) is 36.2. The molecule has 0 atom stereocenters. The highest BCUT2D eigenvalue weighted by Gasteiger charge is 2.51. The lowest BCUT2D eigenvalue weighted by Gasteiger charge is -2.31. The maximum absolute atomic E-state index is 6.40. The number of furan rings is 2. The molecule has 0 aliphatic heterocycles. The van der Waals surface area contributed by atoms with E-state index in [1.165, 1.54) is 149 Å². The number of thiophene rings is 4. The van der Waals surface area contributed by atoms with Gasteiger partial charge in [-0.15, -0.1) is 45.3 Å². The monoisotopic (exact) mass is 1690 g/mol. The van der Waals surface area contributed by atoms with Crippen molar-refractivity contribution >= 4 is 198 Å². The van der Waals surface area contributed by atoms with Crippen molar-refractivity contribution in [1.82, 2.24) is 0 Å².